The van der Waals surface area contributed by atoms with Crippen molar-refractivity contribution >= 4 is 43.0 Å². The molecule has 1 aromatic carbocycles. The normalized spacial score (nSPS) is 11.5. The molecule has 0 amide bonds. The van der Waals surface area contributed by atoms with E-state index in [0.717, 1.165) is 8.66 Å². The smallest absolute Gasteiger partial charge is 0.242 e. The van der Waals surface area contributed by atoms with Crippen molar-refractivity contribution in [1.29, 1.82) is 0 Å². The predicted molar refractivity (Wildman–Crippen MR) is 88.3 cm³/mol. The maximum Gasteiger partial charge on any atom is 0.242 e. The van der Waals surface area contributed by atoms with Crippen LogP contribution in [0.2, 0.25) is 0 Å². The molecule has 0 atom stereocenters. The maximum absolute atomic E-state index is 12.2. The zero-order valence-corrected chi connectivity index (χ0v) is 14.5. The molecule has 0 bridgehead atoms. The van der Waals surface area contributed by atoms with Gasteiger partial charge in [0.15, 0.2) is 0 Å². The number of rotatable bonds is 6. The number of thiophene rings is 1. The Bertz CT molecular complexity index is 729. The van der Waals surface area contributed by atoms with Gasteiger partial charge in [-0.3, -0.25) is 0 Å². The van der Waals surface area contributed by atoms with Gasteiger partial charge in [0.1, 0.15) is 10.6 Å². The summed E-state index contributed by atoms with van der Waals surface area (Å²) in [7, 11) is -2.12. The van der Waals surface area contributed by atoms with Gasteiger partial charge in [0.25, 0.3) is 0 Å². The molecule has 0 aliphatic rings. The van der Waals surface area contributed by atoms with E-state index in [1.165, 1.54) is 19.2 Å². The van der Waals surface area contributed by atoms with Crippen LogP contribution < -0.4 is 15.2 Å². The molecular weight excluding hydrogens is 376 g/mol. The summed E-state index contributed by atoms with van der Waals surface area (Å²) in [6, 6.07) is 8.41. The molecule has 3 N–H and O–H groups in total. The minimum atomic E-state index is -3.62. The maximum atomic E-state index is 12.2. The summed E-state index contributed by atoms with van der Waals surface area (Å²) in [6.07, 6.45) is 0.631. The molecule has 0 saturated carbocycles. The zero-order chi connectivity index (χ0) is 15.5. The topological polar surface area (TPSA) is 81.4 Å². The van der Waals surface area contributed by atoms with E-state index in [-0.39, 0.29) is 10.6 Å². The average molecular weight is 391 g/mol. The van der Waals surface area contributed by atoms with Crippen molar-refractivity contribution in [3.63, 3.8) is 0 Å². The number of ether oxygens (including phenoxy) is 1. The second-order valence-corrected chi connectivity index (χ2v) is 8.54. The van der Waals surface area contributed by atoms with E-state index in [1.54, 1.807) is 17.4 Å². The molecule has 0 aliphatic heterocycles. The number of hydrogen-bond donors (Lipinski definition) is 2. The number of hydrogen-bond acceptors (Lipinski definition) is 5. The lowest BCUT2D eigenvalue weighted by Gasteiger charge is -2.10. The third kappa shape index (κ3) is 4.19. The Morgan fingerprint density at radius 3 is 2.67 bits per heavy atom. The van der Waals surface area contributed by atoms with Gasteiger partial charge in [-0.2, -0.15) is 0 Å². The van der Waals surface area contributed by atoms with E-state index in [4.69, 9.17) is 10.5 Å². The van der Waals surface area contributed by atoms with Crippen LogP contribution in [0.5, 0.6) is 5.75 Å². The molecule has 0 unspecified atom stereocenters. The minimum absolute atomic E-state index is 0.0654. The number of benzene rings is 1. The molecule has 5 nitrogen and oxygen atoms in total. The van der Waals surface area contributed by atoms with E-state index < -0.39 is 10.0 Å². The van der Waals surface area contributed by atoms with Gasteiger partial charge < -0.3 is 10.5 Å². The summed E-state index contributed by atoms with van der Waals surface area (Å²) >= 11 is 4.96. The summed E-state index contributed by atoms with van der Waals surface area (Å²) in [4.78, 5) is 1.17. The summed E-state index contributed by atoms with van der Waals surface area (Å²) < 4.78 is 33.0. The van der Waals surface area contributed by atoms with E-state index in [9.17, 15) is 8.42 Å². The number of nitrogen functional groups attached to an aromatic ring is 1. The van der Waals surface area contributed by atoms with Gasteiger partial charge >= 0.3 is 0 Å². The lowest BCUT2D eigenvalue weighted by Crippen LogP contribution is -2.26. The van der Waals surface area contributed by atoms with Gasteiger partial charge in [-0.15, -0.1) is 11.3 Å². The number of halogens is 1. The lowest BCUT2D eigenvalue weighted by molar-refractivity contribution is 0.414. The van der Waals surface area contributed by atoms with Crippen LogP contribution >= 0.6 is 27.3 Å². The third-order valence-corrected chi connectivity index (χ3v) is 6.02. The van der Waals surface area contributed by atoms with Crippen molar-refractivity contribution in [3.8, 4) is 5.75 Å². The lowest BCUT2D eigenvalue weighted by atomic mass is 10.3. The largest absolute Gasteiger partial charge is 0.497 e. The molecule has 0 radical (unpaired) electrons. The van der Waals surface area contributed by atoms with E-state index in [2.05, 4.69) is 20.7 Å². The van der Waals surface area contributed by atoms with Crippen molar-refractivity contribution in [1.82, 2.24) is 4.72 Å². The molecule has 8 heteroatoms. The summed E-state index contributed by atoms with van der Waals surface area (Å²) in [5.41, 5.74) is 5.93. The van der Waals surface area contributed by atoms with Crippen molar-refractivity contribution in [2.45, 2.75) is 11.3 Å². The fourth-order valence-electron chi connectivity index (χ4n) is 1.77. The van der Waals surface area contributed by atoms with E-state index in [1.807, 2.05) is 12.1 Å². The standard InChI is InChI=1S/C13H15BrN2O3S2/c1-19-9-2-4-12(11(15)8-9)21(17,18)16-7-6-10-3-5-13(14)20-10/h2-5,8,16H,6-7,15H2,1H3. The fraction of sp³-hybridized carbons (Fsp3) is 0.231. The van der Waals surface area contributed by atoms with Gasteiger partial charge in [0.05, 0.1) is 16.6 Å². The molecule has 0 saturated heterocycles. The molecule has 0 spiro atoms. The van der Waals surface area contributed by atoms with Crippen LogP contribution in [0.4, 0.5) is 5.69 Å². The highest BCUT2D eigenvalue weighted by molar-refractivity contribution is 9.11. The van der Waals surface area contributed by atoms with Crippen molar-refractivity contribution in [3.05, 3.63) is 39.0 Å². The molecule has 0 aliphatic carbocycles. The summed E-state index contributed by atoms with van der Waals surface area (Å²) in [5.74, 6) is 0.523. The first-order valence-corrected chi connectivity index (χ1v) is 9.19. The Hall–Kier alpha value is -1.09. The summed E-state index contributed by atoms with van der Waals surface area (Å²) in [6.45, 7) is 0.320. The molecule has 21 heavy (non-hydrogen) atoms. The van der Waals surface area contributed by atoms with Crippen LogP contribution in [0, 0.1) is 0 Å². The van der Waals surface area contributed by atoms with E-state index in [0.29, 0.717) is 18.7 Å². The zero-order valence-electron chi connectivity index (χ0n) is 11.3. The number of sulfonamides is 1. The molecule has 1 heterocycles. The van der Waals surface area contributed by atoms with Gasteiger partial charge in [-0.05, 0) is 46.6 Å². The van der Waals surface area contributed by atoms with Gasteiger partial charge in [0, 0.05) is 17.5 Å². The quantitative estimate of drug-likeness (QED) is 0.742. The third-order valence-electron chi connectivity index (χ3n) is 2.80. The van der Waals surface area contributed by atoms with Gasteiger partial charge in [-0.25, -0.2) is 13.1 Å². The predicted octanol–water partition coefficient (Wildman–Crippen LogP) is 2.62. The first kappa shape index (κ1) is 16.3. The highest BCUT2D eigenvalue weighted by atomic mass is 79.9. The summed E-state index contributed by atoms with van der Waals surface area (Å²) in [5, 5.41) is 0. The fourth-order valence-corrected chi connectivity index (χ4v) is 4.40. The van der Waals surface area contributed by atoms with Crippen molar-refractivity contribution < 1.29 is 13.2 Å². The molecule has 1 aromatic heterocycles. The Balaban J connectivity index is 2.04. The average Bonchev–Trinajstić information content (AvgIpc) is 2.83. The molecular formula is C13H15BrN2O3S2. The Kier molecular flexibility index (Phi) is 5.26. The number of anilines is 1. The molecule has 2 rings (SSSR count). The second kappa shape index (κ2) is 6.78. The Morgan fingerprint density at radius 1 is 1.33 bits per heavy atom. The molecule has 2 aromatic rings. The number of nitrogens with two attached hydrogens (primary N) is 1. The van der Waals surface area contributed by atoms with Crippen LogP contribution in [0.15, 0.2) is 39.0 Å². The monoisotopic (exact) mass is 390 g/mol. The van der Waals surface area contributed by atoms with Crippen LogP contribution in [-0.4, -0.2) is 22.1 Å². The Morgan fingerprint density at radius 2 is 2.10 bits per heavy atom. The molecule has 114 valence electrons. The van der Waals surface area contributed by atoms with Crippen LogP contribution in [0.3, 0.4) is 0 Å². The van der Waals surface area contributed by atoms with Crippen molar-refractivity contribution in [2.24, 2.45) is 0 Å². The van der Waals surface area contributed by atoms with Gasteiger partial charge in [-0.1, -0.05) is 0 Å². The second-order valence-electron chi connectivity index (χ2n) is 4.26. The van der Waals surface area contributed by atoms with Crippen LogP contribution in [0.25, 0.3) is 0 Å². The minimum Gasteiger partial charge on any atom is -0.497 e. The van der Waals surface area contributed by atoms with Crippen LogP contribution in [-0.2, 0) is 16.4 Å². The van der Waals surface area contributed by atoms with Crippen LogP contribution in [0.1, 0.15) is 4.88 Å². The first-order valence-electron chi connectivity index (χ1n) is 6.10. The SMILES string of the molecule is COc1ccc(S(=O)(=O)NCCc2ccc(Br)s2)c(N)c1. The number of nitrogens with one attached hydrogen (secondary N) is 1. The highest BCUT2D eigenvalue weighted by Crippen LogP contribution is 2.24. The van der Waals surface area contributed by atoms with Gasteiger partial charge in [0.2, 0.25) is 10.0 Å². The van der Waals surface area contributed by atoms with Crippen molar-refractivity contribution in [2.75, 3.05) is 19.4 Å². The highest BCUT2D eigenvalue weighted by Gasteiger charge is 2.17. The molecule has 0 fully saturated rings. The number of methoxy groups -OCH3 is 1. The Labute approximate surface area is 136 Å². The van der Waals surface area contributed by atoms with E-state index >= 15 is 0 Å². The first-order chi connectivity index (χ1) is 9.92.